The number of rotatable bonds is 7. The summed E-state index contributed by atoms with van der Waals surface area (Å²) < 4.78 is 2.11. The first kappa shape index (κ1) is 12.6. The lowest BCUT2D eigenvalue weighted by atomic mass is 10.1. The van der Waals surface area contributed by atoms with Crippen molar-refractivity contribution in [2.24, 2.45) is 17.6 Å². The standard InChI is InChI=1S/C13H24N4/c1-10(2)6-8-17-13(9-11-3-4-11)12(5-7-14)15-16-17/h10-11H,3-9,14H2,1-2H3. The molecular weight excluding hydrogens is 212 g/mol. The van der Waals surface area contributed by atoms with Gasteiger partial charge in [0.1, 0.15) is 0 Å². The lowest BCUT2D eigenvalue weighted by molar-refractivity contribution is 0.464. The van der Waals surface area contributed by atoms with E-state index in [1.54, 1.807) is 0 Å². The van der Waals surface area contributed by atoms with Crippen LogP contribution in [0.15, 0.2) is 0 Å². The van der Waals surface area contributed by atoms with Crippen molar-refractivity contribution in [2.75, 3.05) is 6.54 Å². The van der Waals surface area contributed by atoms with Crippen molar-refractivity contribution in [1.29, 1.82) is 0 Å². The van der Waals surface area contributed by atoms with Gasteiger partial charge in [0.2, 0.25) is 0 Å². The van der Waals surface area contributed by atoms with Crippen molar-refractivity contribution in [2.45, 2.75) is 52.5 Å². The summed E-state index contributed by atoms with van der Waals surface area (Å²) in [5.74, 6) is 1.59. The minimum atomic E-state index is 0.667. The molecule has 96 valence electrons. The molecule has 1 heterocycles. The van der Waals surface area contributed by atoms with Gasteiger partial charge in [-0.25, -0.2) is 4.68 Å². The summed E-state index contributed by atoms with van der Waals surface area (Å²) in [6.07, 6.45) is 5.93. The van der Waals surface area contributed by atoms with Gasteiger partial charge >= 0.3 is 0 Å². The molecule has 1 aromatic rings. The van der Waals surface area contributed by atoms with Gasteiger partial charge in [-0.2, -0.15) is 0 Å². The summed E-state index contributed by atoms with van der Waals surface area (Å²) in [7, 11) is 0. The fourth-order valence-electron chi connectivity index (χ4n) is 2.08. The van der Waals surface area contributed by atoms with E-state index in [4.69, 9.17) is 5.73 Å². The average Bonchev–Trinajstić information content (AvgIpc) is 3.01. The van der Waals surface area contributed by atoms with E-state index in [0.29, 0.717) is 12.5 Å². The number of hydrogen-bond acceptors (Lipinski definition) is 3. The van der Waals surface area contributed by atoms with Crippen LogP contribution in [-0.2, 0) is 19.4 Å². The summed E-state index contributed by atoms with van der Waals surface area (Å²) in [6, 6.07) is 0. The lowest BCUT2D eigenvalue weighted by Gasteiger charge is -2.09. The van der Waals surface area contributed by atoms with Gasteiger partial charge in [0.15, 0.2) is 0 Å². The molecule has 0 spiro atoms. The monoisotopic (exact) mass is 236 g/mol. The molecule has 4 heteroatoms. The lowest BCUT2D eigenvalue weighted by Crippen LogP contribution is -2.11. The summed E-state index contributed by atoms with van der Waals surface area (Å²) >= 11 is 0. The number of aryl methyl sites for hydroxylation is 1. The highest BCUT2D eigenvalue weighted by molar-refractivity contribution is 5.13. The molecule has 0 amide bonds. The molecule has 0 atom stereocenters. The van der Waals surface area contributed by atoms with Crippen LogP contribution in [0.4, 0.5) is 0 Å². The predicted molar refractivity (Wildman–Crippen MR) is 68.7 cm³/mol. The molecule has 0 aliphatic heterocycles. The Morgan fingerprint density at radius 3 is 2.76 bits per heavy atom. The summed E-state index contributed by atoms with van der Waals surface area (Å²) in [5, 5.41) is 8.60. The normalized spacial score (nSPS) is 15.8. The third-order valence-electron chi connectivity index (χ3n) is 3.40. The highest BCUT2D eigenvalue weighted by Crippen LogP contribution is 2.33. The summed E-state index contributed by atoms with van der Waals surface area (Å²) in [5.41, 5.74) is 8.10. The van der Waals surface area contributed by atoms with Gasteiger partial charge in [-0.1, -0.05) is 19.1 Å². The molecule has 2 rings (SSSR count). The summed E-state index contributed by atoms with van der Waals surface area (Å²) in [4.78, 5) is 0. The predicted octanol–water partition coefficient (Wildman–Crippen LogP) is 1.78. The molecule has 17 heavy (non-hydrogen) atoms. The molecule has 1 fully saturated rings. The van der Waals surface area contributed by atoms with Crippen molar-refractivity contribution in [3.8, 4) is 0 Å². The molecule has 1 aliphatic rings. The van der Waals surface area contributed by atoms with Crippen molar-refractivity contribution >= 4 is 0 Å². The second-order valence-electron chi connectivity index (χ2n) is 5.57. The van der Waals surface area contributed by atoms with Crippen molar-refractivity contribution in [3.63, 3.8) is 0 Å². The molecule has 0 aromatic carbocycles. The van der Waals surface area contributed by atoms with Crippen LogP contribution in [0.5, 0.6) is 0 Å². The van der Waals surface area contributed by atoms with Crippen LogP contribution in [0, 0.1) is 11.8 Å². The molecular formula is C13H24N4. The third-order valence-corrected chi connectivity index (χ3v) is 3.40. The van der Waals surface area contributed by atoms with E-state index in [2.05, 4.69) is 28.8 Å². The van der Waals surface area contributed by atoms with Gasteiger partial charge < -0.3 is 5.73 Å². The van der Waals surface area contributed by atoms with Crippen LogP contribution in [-0.4, -0.2) is 21.5 Å². The second-order valence-corrected chi connectivity index (χ2v) is 5.57. The second kappa shape index (κ2) is 5.63. The average molecular weight is 236 g/mol. The molecule has 0 bridgehead atoms. The Balaban J connectivity index is 2.06. The molecule has 4 nitrogen and oxygen atoms in total. The Labute approximate surface area is 104 Å². The first-order chi connectivity index (χ1) is 8.20. The minimum absolute atomic E-state index is 0.667. The van der Waals surface area contributed by atoms with E-state index in [0.717, 1.165) is 31.0 Å². The molecule has 0 saturated heterocycles. The Hall–Kier alpha value is -0.900. The third kappa shape index (κ3) is 3.53. The Bertz CT molecular complexity index is 352. The molecule has 0 unspecified atom stereocenters. The molecule has 1 aromatic heterocycles. The molecule has 1 aliphatic carbocycles. The van der Waals surface area contributed by atoms with Crippen molar-refractivity contribution < 1.29 is 0 Å². The Morgan fingerprint density at radius 2 is 2.18 bits per heavy atom. The fourth-order valence-corrected chi connectivity index (χ4v) is 2.08. The zero-order valence-corrected chi connectivity index (χ0v) is 11.0. The van der Waals surface area contributed by atoms with E-state index < -0.39 is 0 Å². The number of aromatic nitrogens is 3. The fraction of sp³-hybridized carbons (Fsp3) is 0.846. The smallest absolute Gasteiger partial charge is 0.0871 e. The van der Waals surface area contributed by atoms with Crippen LogP contribution in [0.2, 0.25) is 0 Å². The van der Waals surface area contributed by atoms with Crippen LogP contribution in [0.1, 0.15) is 44.5 Å². The maximum absolute atomic E-state index is 5.63. The minimum Gasteiger partial charge on any atom is -0.330 e. The van der Waals surface area contributed by atoms with E-state index in [-0.39, 0.29) is 0 Å². The Kier molecular flexibility index (Phi) is 4.15. The number of hydrogen-bond donors (Lipinski definition) is 1. The maximum Gasteiger partial charge on any atom is 0.0871 e. The van der Waals surface area contributed by atoms with Crippen LogP contribution in [0.25, 0.3) is 0 Å². The number of nitrogens with two attached hydrogens (primary N) is 1. The highest BCUT2D eigenvalue weighted by atomic mass is 15.4. The first-order valence-electron chi connectivity index (χ1n) is 6.82. The van der Waals surface area contributed by atoms with Gasteiger partial charge in [-0.3, -0.25) is 0 Å². The van der Waals surface area contributed by atoms with Crippen LogP contribution >= 0.6 is 0 Å². The van der Waals surface area contributed by atoms with Crippen LogP contribution < -0.4 is 5.73 Å². The molecule has 0 radical (unpaired) electrons. The van der Waals surface area contributed by atoms with Crippen molar-refractivity contribution in [3.05, 3.63) is 11.4 Å². The van der Waals surface area contributed by atoms with Gasteiger partial charge in [0, 0.05) is 13.0 Å². The maximum atomic E-state index is 5.63. The zero-order chi connectivity index (χ0) is 12.3. The van der Waals surface area contributed by atoms with Gasteiger partial charge in [-0.15, -0.1) is 5.10 Å². The topological polar surface area (TPSA) is 56.7 Å². The Morgan fingerprint density at radius 1 is 1.41 bits per heavy atom. The highest BCUT2D eigenvalue weighted by Gasteiger charge is 2.25. The van der Waals surface area contributed by atoms with Crippen molar-refractivity contribution in [1.82, 2.24) is 15.0 Å². The van der Waals surface area contributed by atoms with E-state index in [9.17, 15) is 0 Å². The zero-order valence-electron chi connectivity index (χ0n) is 11.0. The van der Waals surface area contributed by atoms with Gasteiger partial charge in [-0.05, 0) is 44.1 Å². The van der Waals surface area contributed by atoms with Gasteiger partial charge in [0.05, 0.1) is 11.4 Å². The van der Waals surface area contributed by atoms with E-state index in [1.807, 2.05) is 0 Å². The first-order valence-corrected chi connectivity index (χ1v) is 6.82. The summed E-state index contributed by atoms with van der Waals surface area (Å²) in [6.45, 7) is 6.16. The van der Waals surface area contributed by atoms with Gasteiger partial charge in [0.25, 0.3) is 0 Å². The van der Waals surface area contributed by atoms with E-state index in [1.165, 1.54) is 25.0 Å². The quantitative estimate of drug-likeness (QED) is 0.785. The van der Waals surface area contributed by atoms with Crippen LogP contribution in [0.3, 0.4) is 0 Å². The SMILES string of the molecule is CC(C)CCn1nnc(CCN)c1CC1CC1. The largest absolute Gasteiger partial charge is 0.330 e. The molecule has 2 N–H and O–H groups in total. The van der Waals surface area contributed by atoms with E-state index >= 15 is 0 Å². The molecule has 1 saturated carbocycles. The number of nitrogens with zero attached hydrogens (tertiary/aromatic N) is 3.